The third kappa shape index (κ3) is 14.7. The Labute approximate surface area is 813 Å². The first-order valence-corrected chi connectivity index (χ1v) is 49.7. The number of ketones is 4. The van der Waals surface area contributed by atoms with Crippen molar-refractivity contribution >= 4 is 90.8 Å². The molecule has 3 saturated heterocycles. The summed E-state index contributed by atoms with van der Waals surface area (Å²) in [6.45, 7) is 26.7. The zero-order chi connectivity index (χ0) is 102. The maximum absolute atomic E-state index is 17.9. The SMILES string of the molecule is COc1c(N2CCN(CN3CCN(c4c(F)c(C)c5c(=O)c(C(=O)OCC(=O)[C@@]6(O)[C@H](C)C[C@H]7[C@@H]8CCC9=CC(=O)C=C[C@]9(C)[C@@]8(F)[C@@H](O)C[C@@]76C)c(C)n(C6CC6)c5c4OC)CC3C)CC2)c(F)c(C)c2c(=O)c(C(=O)O)c(C)n(C3CC3)c12.COc1c(N2CCNCC2)c(F)c(C)c2c(=O)c(C(=O)O)c(C)n(C3CC3)c12.C[C@@H]1C[C@H]2[C@@H]3CCC4=CC(=O)C=C[C@]4(C)[C@@]3(F)[C@@H](O)C[C@]2(C)[C@@]1(O)C(=O)CO. The van der Waals surface area contributed by atoms with Gasteiger partial charge in [0.2, 0.25) is 22.1 Å². The van der Waals surface area contributed by atoms with Gasteiger partial charge in [-0.25, -0.2) is 36.3 Å². The lowest BCUT2D eigenvalue weighted by molar-refractivity contribution is -0.219. The number of aryl methyl sites for hydroxylation is 3. The Hall–Kier alpha value is -10.5. The number of hydrogen-bond donors (Lipinski definition) is 8. The third-order valence-corrected chi connectivity index (χ3v) is 36.3. The van der Waals surface area contributed by atoms with Crippen molar-refractivity contribution in [1.82, 2.24) is 28.8 Å². The Morgan fingerprint density at radius 1 is 0.489 bits per heavy atom. The first kappa shape index (κ1) is 101. The number of carboxylic acid groups (broad SMARTS) is 2. The molecule has 0 radical (unpaired) electrons. The molecule has 141 heavy (non-hydrogen) atoms. The molecule has 8 N–H and O–H groups in total. The van der Waals surface area contributed by atoms with E-state index in [0.29, 0.717) is 161 Å². The number of carbonyl (C=O) groups is 7. The topological polar surface area (TPSA) is 392 Å². The molecule has 0 bridgehead atoms. The van der Waals surface area contributed by atoms with Crippen molar-refractivity contribution in [2.45, 2.75) is 239 Å². The van der Waals surface area contributed by atoms with Crippen molar-refractivity contribution in [3.8, 4) is 17.2 Å². The average molecular weight is 1960 g/mol. The quantitative estimate of drug-likeness (QED) is 0.0276. The van der Waals surface area contributed by atoms with E-state index in [1.807, 2.05) is 28.4 Å². The average Bonchev–Trinajstić information content (AvgIpc) is 1.50. The summed E-state index contributed by atoms with van der Waals surface area (Å²) >= 11 is 0. The molecule has 17 atom stereocenters. The van der Waals surface area contributed by atoms with Crippen LogP contribution in [-0.2, 0) is 23.9 Å². The second-order valence-electron chi connectivity index (χ2n) is 43.4. The van der Waals surface area contributed by atoms with Gasteiger partial charge in [-0.15, -0.1) is 0 Å². The molecule has 0 spiro atoms. The molecule has 0 amide bonds. The van der Waals surface area contributed by atoms with E-state index < -0.39 is 162 Å². The molecule has 3 aromatic carbocycles. The van der Waals surface area contributed by atoms with Gasteiger partial charge in [-0.1, -0.05) is 51.0 Å². The van der Waals surface area contributed by atoms with E-state index in [1.54, 1.807) is 81.4 Å². The number of alkyl halides is 2. The van der Waals surface area contributed by atoms with E-state index in [1.165, 1.54) is 59.5 Å². The maximum atomic E-state index is 17.9. The lowest BCUT2D eigenvalue weighted by Crippen LogP contribution is -2.69. The highest BCUT2D eigenvalue weighted by molar-refractivity contribution is 6.05. The van der Waals surface area contributed by atoms with E-state index in [-0.39, 0.29) is 139 Å². The monoisotopic (exact) mass is 1960 g/mol. The maximum Gasteiger partial charge on any atom is 0.344 e. The number of carbonyl (C=O) groups excluding carboxylic acids is 5. The number of nitrogens with zero attached hydrogens (tertiary/aromatic N) is 8. The predicted molar refractivity (Wildman–Crippen MR) is 517 cm³/mol. The number of ether oxygens (including phenoxy) is 4. The van der Waals surface area contributed by atoms with Gasteiger partial charge in [-0.2, -0.15) is 0 Å². The zero-order valence-corrected chi connectivity index (χ0v) is 83.0. The zero-order valence-electron chi connectivity index (χ0n) is 83.0. The van der Waals surface area contributed by atoms with Crippen LogP contribution in [0.2, 0.25) is 0 Å². The van der Waals surface area contributed by atoms with Crippen molar-refractivity contribution in [2.75, 3.05) is 128 Å². The van der Waals surface area contributed by atoms with Gasteiger partial charge in [0.15, 0.2) is 70.0 Å². The van der Waals surface area contributed by atoms with Crippen LogP contribution in [0.3, 0.4) is 0 Å². The number of allylic oxidation sites excluding steroid dienone is 8. The Morgan fingerprint density at radius 2 is 0.851 bits per heavy atom. The van der Waals surface area contributed by atoms with Gasteiger partial charge in [-0.05, 0) is 200 Å². The number of aromatic nitrogens is 3. The molecule has 1 unspecified atom stereocenters. The molecule has 9 saturated carbocycles. The number of esters is 1. The molecule has 14 aliphatic rings. The normalized spacial score (nSPS) is 32.3. The summed E-state index contributed by atoms with van der Waals surface area (Å²) in [6.07, 6.45) is 12.6. The Bertz CT molecular complexity index is 6660. The highest BCUT2D eigenvalue weighted by atomic mass is 19.2. The third-order valence-electron chi connectivity index (χ3n) is 36.3. The number of aliphatic hydroxyl groups is 5. The molecular formula is C106H130F5N9O21. The fourth-order valence-corrected chi connectivity index (χ4v) is 28.5. The molecule has 12 fully saturated rings. The minimum absolute atomic E-state index is 0.0104. The fraction of sp³-hybridized carbons (Fsp3) is 0.604. The van der Waals surface area contributed by atoms with Crippen LogP contribution in [0.15, 0.2) is 62.0 Å². The molecule has 20 rings (SSSR count). The van der Waals surface area contributed by atoms with Crippen LogP contribution in [0.5, 0.6) is 17.2 Å². The number of aliphatic hydroxyl groups excluding tert-OH is 3. The van der Waals surface area contributed by atoms with Crippen molar-refractivity contribution < 1.29 is 110 Å². The Kier molecular flexibility index (Phi) is 25.5. The molecule has 760 valence electrons. The van der Waals surface area contributed by atoms with Crippen molar-refractivity contribution in [3.63, 3.8) is 0 Å². The molecule has 6 heterocycles. The number of hydrogen-bond acceptors (Lipinski definition) is 25. The van der Waals surface area contributed by atoms with Gasteiger partial charge in [-0.3, -0.25) is 43.4 Å². The molecule has 35 heteroatoms. The molecule has 30 nitrogen and oxygen atoms in total. The summed E-state index contributed by atoms with van der Waals surface area (Å²) in [4.78, 5) is 142. The lowest BCUT2D eigenvalue weighted by Gasteiger charge is -2.62. The predicted octanol–water partition coefficient (Wildman–Crippen LogP) is 11.7. The lowest BCUT2D eigenvalue weighted by atomic mass is 9.44. The van der Waals surface area contributed by atoms with Crippen molar-refractivity contribution in [1.29, 1.82) is 0 Å². The van der Waals surface area contributed by atoms with Gasteiger partial charge in [0.1, 0.15) is 51.6 Å². The van der Waals surface area contributed by atoms with Crippen LogP contribution in [0.25, 0.3) is 32.7 Å². The van der Waals surface area contributed by atoms with Crippen LogP contribution in [-0.4, -0.2) is 254 Å². The minimum Gasteiger partial charge on any atom is -0.492 e. The summed E-state index contributed by atoms with van der Waals surface area (Å²) < 4.78 is 113. The number of methoxy groups -OCH3 is 3. The molecule has 6 aromatic rings. The number of pyridine rings is 3. The first-order chi connectivity index (χ1) is 66.5. The number of aromatic carboxylic acids is 2. The van der Waals surface area contributed by atoms with Crippen molar-refractivity contribution in [3.05, 3.63) is 146 Å². The number of rotatable bonds is 19. The number of Topliss-reactive ketones (excluding diaryl/α,β-unsaturated/α-hetero) is 2. The standard InChI is InChI=1S/C64H77F3N6O12.C22H29FO5.C20H24FN3O4/c1-31-25-42-41-16-11-37-26-40(74)17-18-61(37,7)63(41,67)43(75)27-62(42,8)64(31,82)44(76)29-85-60(81)48-36(6)73(39-14-15-39)52-46(56(48)78)34(4)50(66)54(58(52)84-10)70-23-24-71(32(2)28-70)30-68-19-21-69(22-20-68)53-49(65)33(3)45-51(57(53)83-9)72(38-12-13-38)35(5)47(55(45)77)59(79)80;1-12-8-16-15-5-4-13-9-14(25)6-7-19(13,2)21(15,23)17(26)10-20(16,3)22(12,28)18(27)11-24;1-10-13-16(19(28-3)17(15(10)21)23-8-6-22-7-9-23)24(12-4-5-12)11(2)14(18(13)25)20(26)27/h17-18,26,31-32,38-39,41-43,75,82H,11-16,19-25,27-30H2,1-10H3,(H,79,80);6-7,9,12,15-17,24,26,28H,4-5,8,10-11H2,1-3H3;12,22H,4-9H2,1-3H3,(H,26,27)/t31-,32?,41+,42+,43+,61+,62+,63+,64+;12-,15+,16+,17+,19+,20+,21+,22+;/m11./s1. The van der Waals surface area contributed by atoms with Gasteiger partial charge in [0.05, 0.1) is 72.9 Å². The molecule has 3 aliphatic heterocycles. The van der Waals surface area contributed by atoms with E-state index >= 15 is 22.0 Å². The van der Waals surface area contributed by atoms with Crippen LogP contribution >= 0.6 is 0 Å². The summed E-state index contributed by atoms with van der Waals surface area (Å²) in [5.41, 5.74) is -11.5. The van der Waals surface area contributed by atoms with Crippen LogP contribution in [0, 0.1) is 116 Å². The van der Waals surface area contributed by atoms with Gasteiger partial charge >= 0.3 is 17.9 Å². The second kappa shape index (κ2) is 35.8. The van der Waals surface area contributed by atoms with E-state index in [4.69, 9.17) is 18.9 Å². The molecular weight excluding hydrogens is 1830 g/mol. The number of piperazine rings is 3. The summed E-state index contributed by atoms with van der Waals surface area (Å²) in [5, 5.41) is 79.5. The minimum atomic E-state index is -2.18. The van der Waals surface area contributed by atoms with Gasteiger partial charge in [0.25, 0.3) is 0 Å². The number of fused-ring (bicyclic) bond motifs is 13. The van der Waals surface area contributed by atoms with E-state index in [0.717, 1.165) is 38.8 Å². The highest BCUT2D eigenvalue weighted by Gasteiger charge is 2.78. The van der Waals surface area contributed by atoms with E-state index in [9.17, 15) is 83.7 Å². The van der Waals surface area contributed by atoms with Crippen LogP contribution < -0.4 is 50.5 Å². The largest absolute Gasteiger partial charge is 0.492 e. The molecule has 11 aliphatic carbocycles. The van der Waals surface area contributed by atoms with Crippen molar-refractivity contribution in [2.24, 2.45) is 57.2 Å². The smallest absolute Gasteiger partial charge is 0.344 e. The van der Waals surface area contributed by atoms with Crippen LogP contribution in [0.4, 0.5) is 39.0 Å². The number of benzene rings is 3. The van der Waals surface area contributed by atoms with Gasteiger partial charge in [0, 0.05) is 163 Å². The molecule has 3 aromatic heterocycles. The van der Waals surface area contributed by atoms with Crippen LogP contribution in [0.1, 0.15) is 221 Å². The summed E-state index contributed by atoms with van der Waals surface area (Å²) in [6, 6.07) is -0.210. The Balaban J connectivity index is 0.000000188. The highest BCUT2D eigenvalue weighted by Crippen LogP contribution is 2.73. The summed E-state index contributed by atoms with van der Waals surface area (Å²) in [7, 11) is 4.34. The number of halogens is 5. The number of carboxylic acids is 2. The Morgan fingerprint density at radius 3 is 1.22 bits per heavy atom. The summed E-state index contributed by atoms with van der Waals surface area (Å²) in [5.74, 6) is -10.2. The van der Waals surface area contributed by atoms with E-state index in [2.05, 4.69) is 22.0 Å². The first-order valence-electron chi connectivity index (χ1n) is 49.7. The van der Waals surface area contributed by atoms with Gasteiger partial charge < -0.3 is 88.4 Å². The second-order valence-corrected chi connectivity index (χ2v) is 43.4. The number of anilines is 3. The fourth-order valence-electron chi connectivity index (χ4n) is 28.5. The number of nitrogens with one attached hydrogen (secondary N) is 1.